The van der Waals surface area contributed by atoms with Crippen LogP contribution < -0.4 is 4.90 Å². The summed E-state index contributed by atoms with van der Waals surface area (Å²) in [5, 5.41) is 0. The molecule has 1 amide bonds. The van der Waals surface area contributed by atoms with E-state index in [0.717, 1.165) is 25.9 Å². The second kappa shape index (κ2) is 7.17. The summed E-state index contributed by atoms with van der Waals surface area (Å²) in [7, 11) is 0. The van der Waals surface area contributed by atoms with Crippen molar-refractivity contribution in [3.05, 3.63) is 23.5 Å². The number of pyridine rings is 1. The van der Waals surface area contributed by atoms with Crippen molar-refractivity contribution < 1.29 is 22.4 Å². The summed E-state index contributed by atoms with van der Waals surface area (Å²) in [6.45, 7) is 3.97. The van der Waals surface area contributed by atoms with Crippen molar-refractivity contribution >= 4 is 11.6 Å². The number of hydrogen-bond acceptors (Lipinski definition) is 3. The van der Waals surface area contributed by atoms with Crippen LogP contribution >= 0.6 is 0 Å². The zero-order chi connectivity index (χ0) is 18.1. The molecule has 0 radical (unpaired) electrons. The minimum absolute atomic E-state index is 0.0691. The molecule has 2 aliphatic heterocycles. The van der Waals surface area contributed by atoms with Gasteiger partial charge < -0.3 is 9.80 Å². The second-order valence-electron chi connectivity index (χ2n) is 6.94. The summed E-state index contributed by atoms with van der Waals surface area (Å²) < 4.78 is 54.2. The fraction of sp³-hybridized carbons (Fsp3) is 0.647. The molecule has 138 valence electrons. The average Bonchev–Trinajstić information content (AvgIpc) is 2.61. The standard InChI is InChI=1S/C17H21F4N3O/c1-10-2-6-24(7-3-10)17(25)11-4-8-23(9-5-11)14-12(18)15(20)22-16(21)13(14)19/h10-11H,2-9H2,1H3. The molecule has 4 nitrogen and oxygen atoms in total. The van der Waals surface area contributed by atoms with Crippen LogP contribution in [0.25, 0.3) is 0 Å². The van der Waals surface area contributed by atoms with E-state index in [9.17, 15) is 22.4 Å². The second-order valence-corrected chi connectivity index (χ2v) is 6.94. The van der Waals surface area contributed by atoms with Gasteiger partial charge in [-0.15, -0.1) is 0 Å². The van der Waals surface area contributed by atoms with Gasteiger partial charge in [-0.05, 0) is 31.6 Å². The highest BCUT2D eigenvalue weighted by atomic mass is 19.2. The van der Waals surface area contributed by atoms with E-state index in [-0.39, 0.29) is 24.9 Å². The van der Waals surface area contributed by atoms with Gasteiger partial charge in [0.05, 0.1) is 0 Å². The van der Waals surface area contributed by atoms with Gasteiger partial charge in [0, 0.05) is 32.1 Å². The highest BCUT2D eigenvalue weighted by molar-refractivity contribution is 5.79. The van der Waals surface area contributed by atoms with Gasteiger partial charge >= 0.3 is 0 Å². The number of anilines is 1. The number of amides is 1. The highest BCUT2D eigenvalue weighted by Gasteiger charge is 2.33. The molecule has 0 N–H and O–H groups in total. The normalized spacial score (nSPS) is 20.2. The first-order chi connectivity index (χ1) is 11.9. The lowest BCUT2D eigenvalue weighted by Gasteiger charge is -2.37. The predicted molar refractivity (Wildman–Crippen MR) is 84.0 cm³/mol. The minimum atomic E-state index is -1.66. The first-order valence-electron chi connectivity index (χ1n) is 8.62. The molecule has 0 spiro atoms. The molecule has 3 heterocycles. The number of likely N-dealkylation sites (tertiary alicyclic amines) is 1. The molecule has 25 heavy (non-hydrogen) atoms. The summed E-state index contributed by atoms with van der Waals surface area (Å²) in [6.07, 6.45) is 2.76. The first kappa shape index (κ1) is 17.9. The molecule has 8 heteroatoms. The van der Waals surface area contributed by atoms with E-state index in [2.05, 4.69) is 11.9 Å². The van der Waals surface area contributed by atoms with Crippen LogP contribution in [0.4, 0.5) is 23.2 Å². The molecular weight excluding hydrogens is 338 g/mol. The van der Waals surface area contributed by atoms with Gasteiger partial charge in [-0.1, -0.05) is 6.92 Å². The van der Waals surface area contributed by atoms with Crippen LogP contribution in [0.1, 0.15) is 32.6 Å². The van der Waals surface area contributed by atoms with Crippen molar-refractivity contribution in [3.8, 4) is 0 Å². The molecule has 3 rings (SSSR count). The SMILES string of the molecule is CC1CCN(C(=O)C2CCN(c3c(F)c(F)nc(F)c3F)CC2)CC1. The molecule has 2 fully saturated rings. The Morgan fingerprint density at radius 1 is 0.920 bits per heavy atom. The molecule has 1 aromatic rings. The van der Waals surface area contributed by atoms with Gasteiger partial charge in [0.25, 0.3) is 11.9 Å². The number of piperidine rings is 2. The Labute approximate surface area is 143 Å². The van der Waals surface area contributed by atoms with Crippen LogP contribution in [0.2, 0.25) is 0 Å². The van der Waals surface area contributed by atoms with Crippen LogP contribution in [0, 0.1) is 35.4 Å². The lowest BCUT2D eigenvalue weighted by Crippen LogP contribution is -2.45. The maximum Gasteiger partial charge on any atom is 0.253 e. The number of halogens is 4. The smallest absolute Gasteiger partial charge is 0.253 e. The van der Waals surface area contributed by atoms with E-state index in [0.29, 0.717) is 18.8 Å². The van der Waals surface area contributed by atoms with Crippen LogP contribution in [0.3, 0.4) is 0 Å². The summed E-state index contributed by atoms with van der Waals surface area (Å²) in [4.78, 5) is 18.2. The van der Waals surface area contributed by atoms with Crippen molar-refractivity contribution in [3.63, 3.8) is 0 Å². The van der Waals surface area contributed by atoms with E-state index in [4.69, 9.17) is 0 Å². The molecular formula is C17H21F4N3O. The van der Waals surface area contributed by atoms with Crippen LogP contribution in [0.5, 0.6) is 0 Å². The third-order valence-corrected chi connectivity index (χ3v) is 5.23. The van der Waals surface area contributed by atoms with E-state index in [1.807, 2.05) is 4.90 Å². The fourth-order valence-corrected chi connectivity index (χ4v) is 3.59. The quantitative estimate of drug-likeness (QED) is 0.601. The number of nitrogens with zero attached hydrogens (tertiary/aromatic N) is 3. The Morgan fingerprint density at radius 3 is 1.96 bits per heavy atom. The Bertz CT molecular complexity index is 628. The number of carbonyl (C=O) groups is 1. The minimum Gasteiger partial charge on any atom is -0.366 e. The monoisotopic (exact) mass is 359 g/mol. The van der Waals surface area contributed by atoms with E-state index >= 15 is 0 Å². The summed E-state index contributed by atoms with van der Waals surface area (Å²) >= 11 is 0. The Balaban J connectivity index is 1.66. The molecule has 0 aliphatic carbocycles. The van der Waals surface area contributed by atoms with E-state index in [1.165, 1.54) is 4.90 Å². The largest absolute Gasteiger partial charge is 0.366 e. The molecule has 0 saturated carbocycles. The maximum absolute atomic E-state index is 13.8. The van der Waals surface area contributed by atoms with Crippen molar-refractivity contribution in [1.82, 2.24) is 9.88 Å². The Morgan fingerprint density at radius 2 is 1.44 bits per heavy atom. The third kappa shape index (κ3) is 3.57. The van der Waals surface area contributed by atoms with Gasteiger partial charge in [0.2, 0.25) is 17.5 Å². The number of hydrogen-bond donors (Lipinski definition) is 0. The molecule has 0 atom stereocenters. The maximum atomic E-state index is 13.8. The van der Waals surface area contributed by atoms with Crippen molar-refractivity contribution in [2.45, 2.75) is 32.6 Å². The van der Waals surface area contributed by atoms with Crippen molar-refractivity contribution in [2.24, 2.45) is 11.8 Å². The summed E-state index contributed by atoms with van der Waals surface area (Å²) in [5.41, 5.74) is -0.734. The van der Waals surface area contributed by atoms with Gasteiger partial charge in [0.15, 0.2) is 0 Å². The van der Waals surface area contributed by atoms with Gasteiger partial charge in [-0.2, -0.15) is 22.5 Å². The molecule has 1 aromatic heterocycles. The Kier molecular flexibility index (Phi) is 5.15. The van der Waals surface area contributed by atoms with Crippen molar-refractivity contribution in [2.75, 3.05) is 31.1 Å². The first-order valence-corrected chi connectivity index (χ1v) is 8.62. The zero-order valence-electron chi connectivity index (χ0n) is 14.1. The van der Waals surface area contributed by atoms with E-state index in [1.54, 1.807) is 0 Å². The molecule has 2 aliphatic rings. The van der Waals surface area contributed by atoms with Gasteiger partial charge in [-0.25, -0.2) is 0 Å². The lowest BCUT2D eigenvalue weighted by molar-refractivity contribution is -0.137. The molecule has 2 saturated heterocycles. The van der Waals surface area contributed by atoms with Crippen LogP contribution in [-0.2, 0) is 4.79 Å². The Hall–Kier alpha value is -1.86. The predicted octanol–water partition coefficient (Wildman–Crippen LogP) is 3.11. The van der Waals surface area contributed by atoms with Crippen LogP contribution in [-0.4, -0.2) is 42.0 Å². The van der Waals surface area contributed by atoms with E-state index < -0.39 is 29.2 Å². The fourth-order valence-electron chi connectivity index (χ4n) is 3.59. The third-order valence-electron chi connectivity index (χ3n) is 5.23. The molecule has 0 aromatic carbocycles. The van der Waals surface area contributed by atoms with Gasteiger partial charge in [-0.3, -0.25) is 4.79 Å². The zero-order valence-corrected chi connectivity index (χ0v) is 14.1. The molecule has 0 unspecified atom stereocenters. The summed E-state index contributed by atoms with van der Waals surface area (Å²) in [5.74, 6) is -5.83. The van der Waals surface area contributed by atoms with Crippen LogP contribution in [0.15, 0.2) is 0 Å². The highest BCUT2D eigenvalue weighted by Crippen LogP contribution is 2.31. The summed E-state index contributed by atoms with van der Waals surface area (Å²) in [6, 6.07) is 0. The van der Waals surface area contributed by atoms with Gasteiger partial charge in [0.1, 0.15) is 5.69 Å². The van der Waals surface area contributed by atoms with Crippen molar-refractivity contribution in [1.29, 1.82) is 0 Å². The number of carbonyl (C=O) groups excluding carboxylic acids is 1. The number of rotatable bonds is 2. The topological polar surface area (TPSA) is 36.4 Å². The number of aromatic nitrogens is 1. The average molecular weight is 359 g/mol. The molecule has 0 bridgehead atoms. The lowest BCUT2D eigenvalue weighted by atomic mass is 9.92.